The normalized spacial score (nSPS) is 48.9. The summed E-state index contributed by atoms with van der Waals surface area (Å²) in [6.07, 6.45) is 1.94. The van der Waals surface area contributed by atoms with Crippen molar-refractivity contribution in [1.29, 1.82) is 0 Å². The zero-order chi connectivity index (χ0) is 20.8. The Labute approximate surface area is 173 Å². The Morgan fingerprint density at radius 3 is 2.79 bits per heavy atom. The van der Waals surface area contributed by atoms with Gasteiger partial charge in [0.15, 0.2) is 12.3 Å². The molecule has 4 fully saturated rings. The van der Waals surface area contributed by atoms with E-state index < -0.39 is 18.3 Å². The molecule has 0 spiro atoms. The highest BCUT2D eigenvalue weighted by Gasteiger charge is 2.59. The Hall–Kier alpha value is -0.840. The predicted octanol–water partition coefficient (Wildman–Crippen LogP) is -1.06. The molecule has 1 amide bonds. The van der Waals surface area contributed by atoms with Gasteiger partial charge in [-0.15, -0.1) is 5.43 Å². The van der Waals surface area contributed by atoms with Crippen molar-refractivity contribution in [2.24, 2.45) is 23.5 Å². The van der Waals surface area contributed by atoms with Crippen LogP contribution in [0.4, 0.5) is 4.39 Å². The predicted molar refractivity (Wildman–Crippen MR) is 110 cm³/mol. The first-order valence-corrected chi connectivity index (χ1v) is 11.3. The molecule has 9 atom stereocenters. The van der Waals surface area contributed by atoms with Gasteiger partial charge in [-0.3, -0.25) is 9.69 Å². The fraction of sp³-hybridized carbons (Fsp3) is 0.950. The largest absolute Gasteiger partial charge is 0.351 e. The summed E-state index contributed by atoms with van der Waals surface area (Å²) in [5, 5.41) is 10.4. The quantitative estimate of drug-likeness (QED) is 0.380. The SMILES string of the molecule is CC1CCC(C2CCNCC2NC(=O)C2C(N)N[N+]3(C)CC(F)CN(C)C23)CN1. The molecule has 9 unspecified atom stereocenters. The number of alkyl halides is 1. The molecule has 0 aromatic rings. The van der Waals surface area contributed by atoms with Crippen LogP contribution in [0.1, 0.15) is 26.2 Å². The smallest absolute Gasteiger partial charge is 0.234 e. The fourth-order valence-electron chi connectivity index (χ4n) is 6.36. The first-order valence-electron chi connectivity index (χ1n) is 11.3. The lowest BCUT2D eigenvalue weighted by atomic mass is 9.76. The summed E-state index contributed by atoms with van der Waals surface area (Å²) in [7, 11) is 3.84. The number of halogens is 1. The van der Waals surface area contributed by atoms with E-state index >= 15 is 0 Å². The third kappa shape index (κ3) is 4.18. The van der Waals surface area contributed by atoms with Crippen molar-refractivity contribution in [1.82, 2.24) is 26.3 Å². The third-order valence-electron chi connectivity index (χ3n) is 7.72. The van der Waals surface area contributed by atoms with Crippen LogP contribution < -0.4 is 27.1 Å². The van der Waals surface area contributed by atoms with E-state index in [1.54, 1.807) is 0 Å². The Morgan fingerprint density at radius 2 is 2.07 bits per heavy atom. The van der Waals surface area contributed by atoms with Crippen LogP contribution >= 0.6 is 0 Å². The van der Waals surface area contributed by atoms with Crippen molar-refractivity contribution >= 4 is 5.91 Å². The Bertz CT molecular complexity index is 601. The van der Waals surface area contributed by atoms with Crippen molar-refractivity contribution in [3.8, 4) is 0 Å². The van der Waals surface area contributed by atoms with Gasteiger partial charge in [0.05, 0.1) is 7.05 Å². The average Bonchev–Trinajstić information content (AvgIpc) is 2.93. The maximum Gasteiger partial charge on any atom is 0.234 e. The van der Waals surface area contributed by atoms with Gasteiger partial charge in [-0.25, -0.2) is 8.98 Å². The lowest BCUT2D eigenvalue weighted by Crippen LogP contribution is -2.69. The van der Waals surface area contributed by atoms with E-state index in [2.05, 4.69) is 28.3 Å². The van der Waals surface area contributed by atoms with Gasteiger partial charge in [0, 0.05) is 25.2 Å². The van der Waals surface area contributed by atoms with Crippen molar-refractivity contribution < 1.29 is 13.8 Å². The molecule has 0 saturated carbocycles. The molecule has 8 nitrogen and oxygen atoms in total. The second kappa shape index (κ2) is 8.36. The lowest BCUT2D eigenvalue weighted by molar-refractivity contribution is -0.980. The highest BCUT2D eigenvalue weighted by Crippen LogP contribution is 2.34. The maximum atomic E-state index is 14.2. The van der Waals surface area contributed by atoms with Crippen molar-refractivity contribution in [3.63, 3.8) is 0 Å². The molecule has 0 bridgehead atoms. The summed E-state index contributed by atoms with van der Waals surface area (Å²) >= 11 is 0. The Morgan fingerprint density at radius 1 is 1.28 bits per heavy atom. The maximum absolute atomic E-state index is 14.2. The van der Waals surface area contributed by atoms with E-state index in [4.69, 9.17) is 5.73 Å². The first kappa shape index (κ1) is 21.4. The number of carbonyl (C=O) groups is 1. The molecule has 166 valence electrons. The fourth-order valence-corrected chi connectivity index (χ4v) is 6.36. The molecule has 4 aliphatic heterocycles. The van der Waals surface area contributed by atoms with Gasteiger partial charge in [0.25, 0.3) is 0 Å². The van der Waals surface area contributed by atoms with E-state index in [0.717, 1.165) is 26.1 Å². The van der Waals surface area contributed by atoms with E-state index in [0.29, 0.717) is 31.0 Å². The number of quaternary nitrogens is 1. The minimum absolute atomic E-state index is 0.00292. The molecule has 9 heteroatoms. The molecule has 4 heterocycles. The molecular weight excluding hydrogens is 373 g/mol. The van der Waals surface area contributed by atoms with E-state index in [1.807, 2.05) is 19.0 Å². The molecule has 0 radical (unpaired) electrons. The minimum atomic E-state index is -0.920. The van der Waals surface area contributed by atoms with Crippen LogP contribution in [0.5, 0.6) is 0 Å². The van der Waals surface area contributed by atoms with Crippen LogP contribution in [-0.4, -0.2) is 92.8 Å². The van der Waals surface area contributed by atoms with Gasteiger partial charge in [0.1, 0.15) is 18.6 Å². The van der Waals surface area contributed by atoms with Crippen LogP contribution in [0, 0.1) is 17.8 Å². The molecular formula is C20H39FN7O+. The highest BCUT2D eigenvalue weighted by molar-refractivity contribution is 5.80. The number of rotatable bonds is 3. The molecule has 4 saturated heterocycles. The van der Waals surface area contributed by atoms with Crippen LogP contribution in [-0.2, 0) is 4.79 Å². The number of nitrogens with two attached hydrogens (primary N) is 1. The van der Waals surface area contributed by atoms with Crippen molar-refractivity contribution in [2.75, 3.05) is 46.8 Å². The van der Waals surface area contributed by atoms with Crippen molar-refractivity contribution in [3.05, 3.63) is 0 Å². The number of fused-ring (bicyclic) bond motifs is 1. The summed E-state index contributed by atoms with van der Waals surface area (Å²) in [6, 6.07) is 0.700. The number of piperidine rings is 2. The standard InChI is InChI=1S/C20H38FN7O/c1-12-4-5-13(8-24-12)15-6-7-23-9-16(15)25-19(29)17-18(22)26-28(3)11-14(21)10-27(2)20(17)28/h12-18,20,23-24,26H,4-11,22H2,1-3H3/p+1. The lowest BCUT2D eigenvalue weighted by Gasteiger charge is -2.45. The molecule has 0 aliphatic carbocycles. The Balaban J connectivity index is 1.46. The molecule has 0 aromatic carbocycles. The topological polar surface area (TPSA) is 94.4 Å². The highest BCUT2D eigenvalue weighted by atomic mass is 19.1. The summed E-state index contributed by atoms with van der Waals surface area (Å²) in [4.78, 5) is 15.4. The van der Waals surface area contributed by atoms with Crippen LogP contribution in [0.25, 0.3) is 0 Å². The second-order valence-corrected chi connectivity index (χ2v) is 10.00. The number of amides is 1. The second-order valence-electron chi connectivity index (χ2n) is 10.00. The van der Waals surface area contributed by atoms with E-state index in [1.165, 1.54) is 12.8 Å². The summed E-state index contributed by atoms with van der Waals surface area (Å²) in [6.45, 7) is 5.76. The molecule has 4 aliphatic rings. The van der Waals surface area contributed by atoms with Gasteiger partial charge < -0.3 is 21.7 Å². The minimum Gasteiger partial charge on any atom is -0.351 e. The third-order valence-corrected chi connectivity index (χ3v) is 7.72. The van der Waals surface area contributed by atoms with Crippen LogP contribution in [0.3, 0.4) is 0 Å². The molecule has 6 N–H and O–H groups in total. The zero-order valence-electron chi connectivity index (χ0n) is 18.0. The average molecular weight is 413 g/mol. The number of nitrogens with zero attached hydrogens (tertiary/aromatic N) is 2. The molecule has 29 heavy (non-hydrogen) atoms. The van der Waals surface area contributed by atoms with Gasteiger partial charge in [-0.05, 0) is 58.2 Å². The van der Waals surface area contributed by atoms with E-state index in [9.17, 15) is 9.18 Å². The number of hydrogen-bond acceptors (Lipinski definition) is 6. The van der Waals surface area contributed by atoms with Gasteiger partial charge >= 0.3 is 0 Å². The monoisotopic (exact) mass is 412 g/mol. The van der Waals surface area contributed by atoms with Gasteiger partial charge in [-0.2, -0.15) is 0 Å². The van der Waals surface area contributed by atoms with E-state index in [-0.39, 0.29) is 22.7 Å². The summed E-state index contributed by atoms with van der Waals surface area (Å²) < 4.78 is 14.5. The number of hydrogen-bond donors (Lipinski definition) is 5. The van der Waals surface area contributed by atoms with Crippen LogP contribution in [0.15, 0.2) is 0 Å². The molecule has 4 rings (SSSR count). The van der Waals surface area contributed by atoms with Crippen LogP contribution in [0.2, 0.25) is 0 Å². The van der Waals surface area contributed by atoms with Crippen molar-refractivity contribution in [2.45, 2.75) is 56.8 Å². The zero-order valence-corrected chi connectivity index (χ0v) is 18.0. The van der Waals surface area contributed by atoms with Gasteiger partial charge in [-0.1, -0.05) is 0 Å². The number of carbonyl (C=O) groups excluding carboxylic acids is 1. The molecule has 0 aromatic heterocycles. The summed E-state index contributed by atoms with van der Waals surface area (Å²) in [5.74, 6) is 0.673. The Kier molecular flexibility index (Phi) is 6.17. The number of nitrogens with one attached hydrogen (secondary N) is 4. The summed E-state index contributed by atoms with van der Waals surface area (Å²) in [5.41, 5.74) is 9.66. The van der Waals surface area contributed by atoms with Gasteiger partial charge in [0.2, 0.25) is 5.91 Å². The first-order chi connectivity index (χ1) is 13.8.